The average molecular weight is 457 g/mol. The minimum Gasteiger partial charge on any atom is -0.445 e. The summed E-state index contributed by atoms with van der Waals surface area (Å²) >= 11 is 3.36. The Labute approximate surface area is 191 Å². The fourth-order valence-corrected chi connectivity index (χ4v) is 4.55. The van der Waals surface area contributed by atoms with E-state index in [1.807, 2.05) is 58.1 Å². The van der Waals surface area contributed by atoms with Gasteiger partial charge in [-0.2, -0.15) is 0 Å². The van der Waals surface area contributed by atoms with E-state index in [9.17, 15) is 9.59 Å². The van der Waals surface area contributed by atoms with Gasteiger partial charge >= 0.3 is 6.09 Å². The maximum absolute atomic E-state index is 12.8. The lowest BCUT2D eigenvalue weighted by atomic mass is 10.1. The molecule has 0 radical (unpaired) electrons. The number of benzene rings is 1. The summed E-state index contributed by atoms with van der Waals surface area (Å²) in [7, 11) is 0. The number of thiophene rings is 2. The smallest absolute Gasteiger partial charge is 0.407 e. The number of alkyl carbamates (subject to hydrolysis) is 1. The molecule has 0 aliphatic carbocycles. The molecule has 2 heterocycles. The van der Waals surface area contributed by atoms with Crippen molar-refractivity contribution in [3.8, 4) is 0 Å². The highest BCUT2D eigenvalue weighted by molar-refractivity contribution is 7.10. The van der Waals surface area contributed by atoms with Crippen molar-refractivity contribution in [3.63, 3.8) is 0 Å². The summed E-state index contributed by atoms with van der Waals surface area (Å²) in [6.07, 6.45) is 2.64. The molecule has 2 amide bonds. The molecule has 3 aromatic rings. The monoisotopic (exact) mass is 456 g/mol. The molecule has 0 fully saturated rings. The number of amides is 2. The second-order valence-corrected chi connectivity index (χ2v) is 9.27. The Morgan fingerprint density at radius 1 is 0.839 bits per heavy atom. The van der Waals surface area contributed by atoms with Gasteiger partial charge in [-0.1, -0.05) is 48.9 Å². The summed E-state index contributed by atoms with van der Waals surface area (Å²) in [5, 5.41) is 6.85. The molecular formula is C24H28N2O3S2. The first kappa shape index (κ1) is 23.0. The number of hydrogen-bond donors (Lipinski definition) is 1. The standard InChI is InChI=1S/C24H28N2O3S2/c27-23(26(17-21-11-7-15-30-21)18-22-12-8-16-31-22)13-5-2-6-14-25-24(28)29-19-20-9-3-1-4-10-20/h1,3-4,7-12,15-16H,2,5-6,13-14,17-19H2,(H,25,28). The van der Waals surface area contributed by atoms with Crippen LogP contribution in [0, 0.1) is 0 Å². The first-order valence-electron chi connectivity index (χ1n) is 10.5. The molecule has 31 heavy (non-hydrogen) atoms. The largest absolute Gasteiger partial charge is 0.445 e. The van der Waals surface area contributed by atoms with Gasteiger partial charge in [0.05, 0.1) is 13.1 Å². The Hall–Kier alpha value is -2.64. The third-order valence-electron chi connectivity index (χ3n) is 4.76. The molecule has 0 atom stereocenters. The van der Waals surface area contributed by atoms with Gasteiger partial charge in [-0.05, 0) is 41.3 Å². The minimum absolute atomic E-state index is 0.178. The molecule has 0 unspecified atom stereocenters. The second kappa shape index (κ2) is 12.9. The average Bonchev–Trinajstić information content (AvgIpc) is 3.49. The van der Waals surface area contributed by atoms with Crippen LogP contribution < -0.4 is 5.32 Å². The fraction of sp³-hybridized carbons (Fsp3) is 0.333. The highest BCUT2D eigenvalue weighted by Gasteiger charge is 2.15. The normalized spacial score (nSPS) is 10.6. The molecule has 2 aromatic heterocycles. The van der Waals surface area contributed by atoms with Gasteiger partial charge in [0.2, 0.25) is 5.91 Å². The number of unbranched alkanes of at least 4 members (excludes halogenated alkanes) is 2. The van der Waals surface area contributed by atoms with Crippen LogP contribution in [0.2, 0.25) is 0 Å². The van der Waals surface area contributed by atoms with Crippen LogP contribution in [0.5, 0.6) is 0 Å². The van der Waals surface area contributed by atoms with Crippen molar-refractivity contribution in [2.45, 2.75) is 45.4 Å². The van der Waals surface area contributed by atoms with Crippen molar-refractivity contribution < 1.29 is 14.3 Å². The zero-order valence-corrected chi connectivity index (χ0v) is 19.1. The van der Waals surface area contributed by atoms with Gasteiger partial charge in [0.25, 0.3) is 0 Å². The summed E-state index contributed by atoms with van der Waals surface area (Å²) in [6, 6.07) is 17.8. The quantitative estimate of drug-likeness (QED) is 0.349. The zero-order valence-electron chi connectivity index (χ0n) is 17.5. The van der Waals surface area contributed by atoms with Gasteiger partial charge in [0, 0.05) is 22.7 Å². The summed E-state index contributed by atoms with van der Waals surface area (Å²) in [4.78, 5) is 28.9. The SMILES string of the molecule is O=C(NCCCCCC(=O)N(Cc1cccs1)Cc1cccs1)OCc1ccccc1. The topological polar surface area (TPSA) is 58.6 Å². The number of ether oxygens (including phenoxy) is 1. The first-order chi connectivity index (χ1) is 15.2. The Balaban J connectivity index is 1.31. The number of carbonyl (C=O) groups excluding carboxylic acids is 2. The van der Waals surface area contributed by atoms with E-state index in [0.29, 0.717) is 26.1 Å². The summed E-state index contributed by atoms with van der Waals surface area (Å²) in [5.74, 6) is 0.178. The van der Waals surface area contributed by atoms with Crippen molar-refractivity contribution in [1.29, 1.82) is 0 Å². The number of rotatable bonds is 12. The molecule has 1 N–H and O–H groups in total. The van der Waals surface area contributed by atoms with Crippen molar-refractivity contribution >= 4 is 34.7 Å². The molecule has 0 saturated heterocycles. The highest BCUT2D eigenvalue weighted by Crippen LogP contribution is 2.18. The highest BCUT2D eigenvalue weighted by atomic mass is 32.1. The number of carbonyl (C=O) groups is 2. The molecule has 0 aliphatic heterocycles. The maximum Gasteiger partial charge on any atom is 0.407 e. The van der Waals surface area contributed by atoms with Crippen LogP contribution in [0.15, 0.2) is 65.4 Å². The van der Waals surface area contributed by atoms with Crippen LogP contribution in [0.3, 0.4) is 0 Å². The van der Waals surface area contributed by atoms with Gasteiger partial charge in [-0.3, -0.25) is 4.79 Å². The Bertz CT molecular complexity index is 860. The lowest BCUT2D eigenvalue weighted by Gasteiger charge is -2.21. The Kier molecular flexibility index (Phi) is 9.60. The van der Waals surface area contributed by atoms with Crippen LogP contribution in [-0.4, -0.2) is 23.4 Å². The maximum atomic E-state index is 12.8. The second-order valence-electron chi connectivity index (χ2n) is 7.21. The van der Waals surface area contributed by atoms with E-state index in [1.54, 1.807) is 22.7 Å². The van der Waals surface area contributed by atoms with Crippen molar-refractivity contribution in [2.24, 2.45) is 0 Å². The molecule has 1 aromatic carbocycles. The van der Waals surface area contributed by atoms with E-state index in [2.05, 4.69) is 17.4 Å². The van der Waals surface area contributed by atoms with E-state index in [0.717, 1.165) is 24.8 Å². The minimum atomic E-state index is -0.405. The van der Waals surface area contributed by atoms with Crippen molar-refractivity contribution in [1.82, 2.24) is 10.2 Å². The van der Waals surface area contributed by atoms with Gasteiger partial charge in [0.15, 0.2) is 0 Å². The van der Waals surface area contributed by atoms with Crippen molar-refractivity contribution in [3.05, 3.63) is 80.7 Å². The van der Waals surface area contributed by atoms with Crippen LogP contribution in [0.1, 0.15) is 41.0 Å². The molecule has 3 rings (SSSR count). The lowest BCUT2D eigenvalue weighted by molar-refractivity contribution is -0.132. The molecule has 5 nitrogen and oxygen atoms in total. The van der Waals surface area contributed by atoms with E-state index in [-0.39, 0.29) is 12.5 Å². The number of nitrogens with zero attached hydrogens (tertiary/aromatic N) is 1. The zero-order chi connectivity index (χ0) is 21.7. The number of hydrogen-bond acceptors (Lipinski definition) is 5. The molecular weight excluding hydrogens is 428 g/mol. The van der Waals surface area contributed by atoms with Crippen molar-refractivity contribution in [2.75, 3.05) is 6.54 Å². The van der Waals surface area contributed by atoms with Crippen LogP contribution in [0.4, 0.5) is 4.79 Å². The summed E-state index contributed by atoms with van der Waals surface area (Å²) in [6.45, 7) is 2.13. The third kappa shape index (κ3) is 8.55. The predicted octanol–water partition coefficient (Wildman–Crippen LogP) is 5.83. The van der Waals surface area contributed by atoms with Gasteiger partial charge in [-0.15, -0.1) is 22.7 Å². The summed E-state index contributed by atoms with van der Waals surface area (Å²) in [5.41, 5.74) is 0.964. The van der Waals surface area contributed by atoms with E-state index >= 15 is 0 Å². The Morgan fingerprint density at radius 3 is 2.13 bits per heavy atom. The predicted molar refractivity (Wildman–Crippen MR) is 126 cm³/mol. The first-order valence-corrected chi connectivity index (χ1v) is 12.2. The summed E-state index contributed by atoms with van der Waals surface area (Å²) < 4.78 is 5.20. The molecule has 7 heteroatoms. The van der Waals surface area contributed by atoms with E-state index in [4.69, 9.17) is 4.74 Å². The molecule has 164 valence electrons. The molecule has 0 spiro atoms. The lowest BCUT2D eigenvalue weighted by Crippen LogP contribution is -2.29. The van der Waals surface area contributed by atoms with E-state index in [1.165, 1.54) is 9.75 Å². The van der Waals surface area contributed by atoms with Crippen LogP contribution >= 0.6 is 22.7 Å². The Morgan fingerprint density at radius 2 is 1.52 bits per heavy atom. The number of nitrogens with one attached hydrogen (secondary N) is 1. The van der Waals surface area contributed by atoms with Gasteiger partial charge in [0.1, 0.15) is 6.61 Å². The van der Waals surface area contributed by atoms with Crippen LogP contribution in [0.25, 0.3) is 0 Å². The molecule has 0 saturated carbocycles. The fourth-order valence-electron chi connectivity index (χ4n) is 3.11. The van der Waals surface area contributed by atoms with Gasteiger partial charge in [-0.25, -0.2) is 4.79 Å². The van der Waals surface area contributed by atoms with Gasteiger partial charge < -0.3 is 15.0 Å². The molecule has 0 bridgehead atoms. The molecule has 0 aliphatic rings. The third-order valence-corrected chi connectivity index (χ3v) is 6.48. The van der Waals surface area contributed by atoms with E-state index < -0.39 is 6.09 Å². The van der Waals surface area contributed by atoms with Crippen LogP contribution in [-0.2, 0) is 29.2 Å².